The van der Waals surface area contributed by atoms with E-state index < -0.39 is 29.8 Å². The van der Waals surface area contributed by atoms with Crippen molar-refractivity contribution in [3.05, 3.63) is 66.1 Å². The second-order valence-corrected chi connectivity index (χ2v) is 9.49. The molecule has 2 atom stereocenters. The Morgan fingerprint density at radius 3 is 2.57 bits per heavy atom. The van der Waals surface area contributed by atoms with E-state index >= 15 is 0 Å². The molecule has 0 aliphatic heterocycles. The number of rotatable bonds is 11. The zero-order chi connectivity index (χ0) is 25.4. The molecule has 0 aliphatic carbocycles. The van der Waals surface area contributed by atoms with Crippen molar-refractivity contribution in [2.24, 2.45) is 5.92 Å². The fraction of sp³-hybridized carbons (Fsp3) is 0.346. The minimum absolute atomic E-state index is 0.238. The summed E-state index contributed by atoms with van der Waals surface area (Å²) in [5.74, 6) is -0.975. The van der Waals surface area contributed by atoms with Gasteiger partial charge in [0.15, 0.2) is 5.13 Å². The van der Waals surface area contributed by atoms with Gasteiger partial charge in [-0.15, -0.1) is 0 Å². The summed E-state index contributed by atoms with van der Waals surface area (Å²) in [5, 5.41) is 15.7. The van der Waals surface area contributed by atoms with Crippen molar-refractivity contribution >= 4 is 28.3 Å². The molecule has 2 aromatic carbocycles. The van der Waals surface area contributed by atoms with E-state index in [4.69, 9.17) is 4.74 Å². The van der Waals surface area contributed by atoms with Crippen molar-refractivity contribution in [3.63, 3.8) is 0 Å². The second kappa shape index (κ2) is 12.4. The maximum absolute atomic E-state index is 14.1. The van der Waals surface area contributed by atoms with Crippen LogP contribution in [0.15, 0.2) is 54.7 Å². The molecular formula is C26H30FN3O4S. The normalized spacial score (nSPS) is 12.7. The molecule has 3 rings (SSSR count). The minimum atomic E-state index is -1.20. The first kappa shape index (κ1) is 26.3. The lowest BCUT2D eigenvalue weighted by Gasteiger charge is -2.20. The number of aromatic nitrogens is 1. The van der Waals surface area contributed by atoms with Crippen LogP contribution >= 0.6 is 11.3 Å². The number of nitrogens with one attached hydrogen (secondary N) is 2. The number of thiazole rings is 1. The molecule has 7 nitrogen and oxygen atoms in total. The van der Waals surface area contributed by atoms with Gasteiger partial charge in [-0.3, -0.25) is 9.59 Å². The predicted octanol–water partition coefficient (Wildman–Crippen LogP) is 4.77. The highest BCUT2D eigenvalue weighted by Crippen LogP contribution is 2.33. The van der Waals surface area contributed by atoms with Crippen molar-refractivity contribution in [1.82, 2.24) is 10.3 Å². The Morgan fingerprint density at radius 2 is 1.89 bits per heavy atom. The lowest BCUT2D eigenvalue weighted by molar-refractivity contribution is -0.134. The summed E-state index contributed by atoms with van der Waals surface area (Å²) in [4.78, 5) is 30.0. The second-order valence-electron chi connectivity index (χ2n) is 8.46. The smallest absolute Gasteiger partial charge is 0.249 e. The molecule has 9 heteroatoms. The molecule has 0 fully saturated rings. The Morgan fingerprint density at radius 1 is 1.14 bits per heavy atom. The van der Waals surface area contributed by atoms with Gasteiger partial charge >= 0.3 is 0 Å². The van der Waals surface area contributed by atoms with E-state index in [1.165, 1.54) is 23.5 Å². The van der Waals surface area contributed by atoms with E-state index in [2.05, 4.69) is 15.6 Å². The number of halogens is 1. The molecule has 0 spiro atoms. The number of carbonyl (C=O) groups is 2. The Labute approximate surface area is 208 Å². The lowest BCUT2D eigenvalue weighted by atomic mass is 10.1. The first-order valence-electron chi connectivity index (χ1n) is 11.5. The van der Waals surface area contributed by atoms with Gasteiger partial charge in [-0.25, -0.2) is 9.37 Å². The van der Waals surface area contributed by atoms with E-state index in [0.717, 1.165) is 5.56 Å². The first-order chi connectivity index (χ1) is 16.8. The number of hydrogen-bond acceptors (Lipinski definition) is 6. The lowest BCUT2D eigenvalue weighted by Crippen LogP contribution is -2.48. The molecule has 0 aliphatic rings. The van der Waals surface area contributed by atoms with Crippen molar-refractivity contribution < 1.29 is 23.8 Å². The predicted molar refractivity (Wildman–Crippen MR) is 135 cm³/mol. The summed E-state index contributed by atoms with van der Waals surface area (Å²) >= 11 is 1.20. The van der Waals surface area contributed by atoms with Crippen LogP contribution in [0.5, 0.6) is 5.75 Å². The van der Waals surface area contributed by atoms with Gasteiger partial charge in [-0.05, 0) is 42.2 Å². The van der Waals surface area contributed by atoms with Crippen LogP contribution < -0.4 is 15.4 Å². The summed E-state index contributed by atoms with van der Waals surface area (Å²) in [5.41, 5.74) is 1.40. The number of ether oxygens (including phenoxy) is 1. The summed E-state index contributed by atoms with van der Waals surface area (Å²) in [6, 6.07) is 13.0. The van der Waals surface area contributed by atoms with Crippen LogP contribution in [-0.2, 0) is 16.2 Å². The van der Waals surface area contributed by atoms with Gasteiger partial charge in [-0.1, -0.05) is 62.8 Å². The average Bonchev–Trinajstić information content (AvgIpc) is 3.31. The van der Waals surface area contributed by atoms with E-state index in [0.29, 0.717) is 34.2 Å². The summed E-state index contributed by atoms with van der Waals surface area (Å²) < 4.78 is 19.9. The third-order valence-corrected chi connectivity index (χ3v) is 6.27. The number of anilines is 1. The van der Waals surface area contributed by atoms with Crippen LogP contribution in [0.1, 0.15) is 39.2 Å². The molecule has 0 radical (unpaired) electrons. The number of carbonyl (C=O) groups excluding carboxylic acids is 2. The number of nitrogens with zero attached hydrogens (tertiary/aromatic N) is 1. The summed E-state index contributed by atoms with van der Waals surface area (Å²) in [6.45, 7) is 5.58. The third-order valence-electron chi connectivity index (χ3n) is 5.32. The first-order valence-corrected chi connectivity index (χ1v) is 12.3. The molecule has 2 amide bonds. The summed E-state index contributed by atoms with van der Waals surface area (Å²) in [6.07, 6.45) is 1.44. The molecule has 35 heavy (non-hydrogen) atoms. The molecule has 1 unspecified atom stereocenters. The van der Waals surface area contributed by atoms with Crippen molar-refractivity contribution in [2.45, 2.75) is 52.4 Å². The molecule has 0 bridgehead atoms. The molecule has 1 heterocycles. The molecule has 3 aromatic rings. The monoisotopic (exact) mass is 499 g/mol. The van der Waals surface area contributed by atoms with Crippen LogP contribution in [0.3, 0.4) is 0 Å². The molecule has 3 N–H and O–H groups in total. The average molecular weight is 500 g/mol. The Hall–Kier alpha value is -3.30. The van der Waals surface area contributed by atoms with Gasteiger partial charge in [0, 0.05) is 11.8 Å². The molecule has 0 saturated heterocycles. The maximum Gasteiger partial charge on any atom is 0.249 e. The largest absolute Gasteiger partial charge is 0.489 e. The van der Waals surface area contributed by atoms with Crippen molar-refractivity contribution in [3.8, 4) is 16.2 Å². The minimum Gasteiger partial charge on any atom is -0.489 e. The van der Waals surface area contributed by atoms with Gasteiger partial charge in [0.2, 0.25) is 11.8 Å². The van der Waals surface area contributed by atoms with Crippen molar-refractivity contribution in [2.75, 3.05) is 5.32 Å². The standard InChI is InChI=1S/C26H30FN3O4S/c1-4-8-21(29-25(33)23(31)16(2)3)24(32)30-26-28-14-22(35-26)20-13-18(27)12-11-17(20)15-34-19-9-6-5-7-10-19/h5-7,9-14,16,21,23,31H,4,8,15H2,1-3H3,(H,29,33)(H,28,30,32)/t21?,23-/m0/s1. The molecule has 186 valence electrons. The van der Waals surface area contributed by atoms with Gasteiger partial charge < -0.3 is 20.5 Å². The van der Waals surface area contributed by atoms with E-state index in [1.54, 1.807) is 26.1 Å². The zero-order valence-electron chi connectivity index (χ0n) is 20.0. The number of amides is 2. The van der Waals surface area contributed by atoms with E-state index in [1.807, 2.05) is 37.3 Å². The third kappa shape index (κ3) is 7.34. The van der Waals surface area contributed by atoms with Crippen LogP contribution in [0.2, 0.25) is 0 Å². The number of aliphatic hydroxyl groups excluding tert-OH is 1. The molecule has 1 aromatic heterocycles. The van der Waals surface area contributed by atoms with E-state index in [-0.39, 0.29) is 12.5 Å². The van der Waals surface area contributed by atoms with Crippen molar-refractivity contribution in [1.29, 1.82) is 0 Å². The highest BCUT2D eigenvalue weighted by atomic mass is 32.1. The Kier molecular flexibility index (Phi) is 9.33. The quantitative estimate of drug-likeness (QED) is 0.353. The van der Waals surface area contributed by atoms with Gasteiger partial charge in [0.25, 0.3) is 0 Å². The fourth-order valence-electron chi connectivity index (χ4n) is 3.35. The van der Waals surface area contributed by atoms with Gasteiger partial charge in [-0.2, -0.15) is 0 Å². The highest BCUT2D eigenvalue weighted by molar-refractivity contribution is 7.19. The Bertz CT molecular complexity index is 1140. The summed E-state index contributed by atoms with van der Waals surface area (Å²) in [7, 11) is 0. The molecular weight excluding hydrogens is 469 g/mol. The Balaban J connectivity index is 1.73. The number of para-hydroxylation sites is 1. The SMILES string of the molecule is CCCC(NC(=O)[C@@H](O)C(C)C)C(=O)Nc1ncc(-c2cc(F)ccc2COc2ccccc2)s1. The highest BCUT2D eigenvalue weighted by Gasteiger charge is 2.26. The van der Waals surface area contributed by atoms with Crippen LogP contribution in [0, 0.1) is 11.7 Å². The van der Waals surface area contributed by atoms with Gasteiger partial charge in [0.1, 0.15) is 30.3 Å². The van der Waals surface area contributed by atoms with Gasteiger partial charge in [0.05, 0.1) is 4.88 Å². The van der Waals surface area contributed by atoms with E-state index in [9.17, 15) is 19.1 Å². The molecule has 0 saturated carbocycles. The number of aliphatic hydroxyl groups is 1. The zero-order valence-corrected chi connectivity index (χ0v) is 20.8. The fourth-order valence-corrected chi connectivity index (χ4v) is 4.22. The van der Waals surface area contributed by atoms with Crippen LogP contribution in [0.25, 0.3) is 10.4 Å². The maximum atomic E-state index is 14.1. The topological polar surface area (TPSA) is 101 Å². The van der Waals surface area contributed by atoms with Crippen LogP contribution in [-0.4, -0.2) is 34.1 Å². The number of hydrogen-bond donors (Lipinski definition) is 3. The van der Waals surface area contributed by atoms with Crippen LogP contribution in [0.4, 0.5) is 9.52 Å². The number of benzene rings is 2.